The molecular weight excluding hydrogens is 336 g/mol. The lowest BCUT2D eigenvalue weighted by molar-refractivity contribution is 0.828. The van der Waals surface area contributed by atoms with Gasteiger partial charge in [0.2, 0.25) is 0 Å². The molecule has 0 fully saturated rings. The monoisotopic (exact) mass is 354 g/mol. The zero-order valence-corrected chi connectivity index (χ0v) is 15.1. The second-order valence-corrected chi connectivity index (χ2v) is 6.69. The van der Waals surface area contributed by atoms with Crippen LogP contribution in [0, 0.1) is 13.8 Å². The van der Waals surface area contributed by atoms with Crippen LogP contribution >= 0.6 is 0 Å². The summed E-state index contributed by atoms with van der Waals surface area (Å²) in [5.74, 6) is 0.779. The van der Waals surface area contributed by atoms with Gasteiger partial charge in [0.1, 0.15) is 11.4 Å². The average Bonchev–Trinajstić information content (AvgIpc) is 3.38. The Morgan fingerprint density at radius 1 is 0.815 bits per heavy atom. The van der Waals surface area contributed by atoms with Gasteiger partial charge >= 0.3 is 0 Å². The van der Waals surface area contributed by atoms with Crippen LogP contribution in [0.2, 0.25) is 0 Å². The highest BCUT2D eigenvalue weighted by Gasteiger charge is 2.20. The number of nitrogens with zero attached hydrogens (tertiary/aromatic N) is 5. The van der Waals surface area contributed by atoms with Gasteiger partial charge in [-0.15, -0.1) is 14.8 Å². The highest BCUT2D eigenvalue weighted by Crippen LogP contribution is 2.30. The average molecular weight is 354 g/mol. The number of fused-ring (bicyclic) bond motifs is 1. The summed E-state index contributed by atoms with van der Waals surface area (Å²) >= 11 is 0. The molecule has 6 nitrogen and oxygen atoms in total. The van der Waals surface area contributed by atoms with E-state index in [1.54, 1.807) is 10.8 Å². The van der Waals surface area contributed by atoms with Crippen LogP contribution in [-0.2, 0) is 0 Å². The van der Waals surface area contributed by atoms with E-state index in [0.717, 1.165) is 34.0 Å². The van der Waals surface area contributed by atoms with Crippen molar-refractivity contribution in [2.24, 2.45) is 0 Å². The Morgan fingerprint density at radius 3 is 2.11 bits per heavy atom. The smallest absolute Gasteiger partial charge is 0.182 e. The predicted molar refractivity (Wildman–Crippen MR) is 105 cm³/mol. The van der Waals surface area contributed by atoms with Gasteiger partial charge in [0.15, 0.2) is 11.5 Å². The van der Waals surface area contributed by atoms with Gasteiger partial charge in [0.25, 0.3) is 0 Å². The Hall–Kier alpha value is -3.67. The van der Waals surface area contributed by atoms with E-state index in [1.807, 2.05) is 16.9 Å². The molecular formula is C21H18N6. The second kappa shape index (κ2) is 5.95. The highest BCUT2D eigenvalue weighted by atomic mass is 15.5. The maximum atomic E-state index is 4.75. The maximum Gasteiger partial charge on any atom is 0.182 e. The van der Waals surface area contributed by atoms with Crippen LogP contribution in [0.25, 0.3) is 34.0 Å². The number of aromatic amines is 1. The van der Waals surface area contributed by atoms with E-state index in [1.165, 1.54) is 11.1 Å². The standard InChI is InChI=1S/C21H18N6/c1-14-4-8-16(9-5-14)18-19(26-13-3-12-22-26)21-23-20(25-27(21)24-18)17-10-6-15(2)7-11-17/h3-13H,1-2H3,(H,23,25). The summed E-state index contributed by atoms with van der Waals surface area (Å²) in [4.78, 5) is 3.42. The van der Waals surface area contributed by atoms with Gasteiger partial charge in [0, 0.05) is 23.5 Å². The Kier molecular flexibility index (Phi) is 3.43. The minimum absolute atomic E-state index is 0.779. The molecule has 0 spiro atoms. The van der Waals surface area contributed by atoms with Crippen molar-refractivity contribution < 1.29 is 0 Å². The summed E-state index contributed by atoms with van der Waals surface area (Å²) < 4.78 is 3.48. The molecule has 0 aliphatic rings. The molecule has 3 heterocycles. The number of aromatic nitrogens is 6. The Labute approximate surface area is 156 Å². The zero-order chi connectivity index (χ0) is 18.4. The van der Waals surface area contributed by atoms with Gasteiger partial charge in [-0.1, -0.05) is 59.7 Å². The van der Waals surface area contributed by atoms with E-state index in [2.05, 4.69) is 77.6 Å². The molecule has 0 saturated carbocycles. The second-order valence-electron chi connectivity index (χ2n) is 6.69. The van der Waals surface area contributed by atoms with E-state index in [0.29, 0.717) is 0 Å². The molecule has 5 aromatic rings. The Bertz CT molecular complexity index is 1210. The molecule has 0 aliphatic heterocycles. The first-order valence-corrected chi connectivity index (χ1v) is 8.82. The molecule has 3 aromatic heterocycles. The summed E-state index contributed by atoms with van der Waals surface area (Å²) in [6.07, 6.45) is 3.68. The van der Waals surface area contributed by atoms with Crippen LogP contribution in [0.4, 0.5) is 0 Å². The summed E-state index contributed by atoms with van der Waals surface area (Å²) in [6, 6.07) is 18.5. The molecule has 2 aromatic carbocycles. The summed E-state index contributed by atoms with van der Waals surface area (Å²) in [6.45, 7) is 4.15. The minimum Gasteiger partial charge on any atom is -0.320 e. The first-order chi connectivity index (χ1) is 13.2. The lowest BCUT2D eigenvalue weighted by Gasteiger charge is -2.04. The fourth-order valence-electron chi connectivity index (χ4n) is 3.18. The molecule has 0 bridgehead atoms. The molecule has 6 heteroatoms. The van der Waals surface area contributed by atoms with Crippen LogP contribution in [0.3, 0.4) is 0 Å². The topological polar surface area (TPSA) is 63.8 Å². The fraction of sp³-hybridized carbons (Fsp3) is 0.0952. The third kappa shape index (κ3) is 2.62. The van der Waals surface area contributed by atoms with Crippen molar-refractivity contribution in [3.05, 3.63) is 78.1 Å². The number of benzene rings is 2. The van der Waals surface area contributed by atoms with Gasteiger partial charge in [-0.25, -0.2) is 4.68 Å². The van der Waals surface area contributed by atoms with E-state index in [-0.39, 0.29) is 0 Å². The Balaban J connectivity index is 1.72. The van der Waals surface area contributed by atoms with Gasteiger partial charge in [-0.3, -0.25) is 0 Å². The lowest BCUT2D eigenvalue weighted by Crippen LogP contribution is -1.96. The number of aryl methyl sites for hydroxylation is 2. The molecule has 27 heavy (non-hydrogen) atoms. The van der Waals surface area contributed by atoms with Crippen LogP contribution < -0.4 is 0 Å². The first-order valence-electron chi connectivity index (χ1n) is 8.82. The number of nitrogens with one attached hydrogen (secondary N) is 1. The molecule has 5 rings (SSSR count). The molecule has 1 N–H and O–H groups in total. The van der Waals surface area contributed by atoms with Crippen LogP contribution in [0.15, 0.2) is 67.0 Å². The van der Waals surface area contributed by atoms with E-state index >= 15 is 0 Å². The third-order valence-electron chi connectivity index (χ3n) is 4.66. The number of rotatable bonds is 3. The number of hydrogen-bond acceptors (Lipinski definition) is 3. The zero-order valence-electron chi connectivity index (χ0n) is 15.1. The fourth-order valence-corrected chi connectivity index (χ4v) is 3.18. The molecule has 0 saturated heterocycles. The van der Waals surface area contributed by atoms with Crippen molar-refractivity contribution in [1.82, 2.24) is 29.6 Å². The number of H-pyrrole nitrogens is 1. The van der Waals surface area contributed by atoms with Gasteiger partial charge in [-0.2, -0.15) is 5.10 Å². The predicted octanol–water partition coefficient (Wildman–Crippen LogP) is 4.19. The lowest BCUT2D eigenvalue weighted by atomic mass is 10.1. The normalized spacial score (nSPS) is 11.3. The van der Waals surface area contributed by atoms with Crippen molar-refractivity contribution in [2.45, 2.75) is 13.8 Å². The minimum atomic E-state index is 0.779. The van der Waals surface area contributed by atoms with Gasteiger partial charge in [0.05, 0.1) is 0 Å². The first kappa shape index (κ1) is 15.6. The molecule has 0 unspecified atom stereocenters. The van der Waals surface area contributed by atoms with Crippen molar-refractivity contribution in [1.29, 1.82) is 0 Å². The van der Waals surface area contributed by atoms with E-state index < -0.39 is 0 Å². The molecule has 0 aliphatic carbocycles. The van der Waals surface area contributed by atoms with Crippen LogP contribution in [0.1, 0.15) is 11.1 Å². The largest absolute Gasteiger partial charge is 0.320 e. The van der Waals surface area contributed by atoms with Crippen molar-refractivity contribution in [3.63, 3.8) is 0 Å². The van der Waals surface area contributed by atoms with E-state index in [9.17, 15) is 0 Å². The molecule has 0 atom stereocenters. The molecule has 0 radical (unpaired) electrons. The third-order valence-corrected chi connectivity index (χ3v) is 4.66. The summed E-state index contributed by atoms with van der Waals surface area (Å²) in [5.41, 5.74) is 7.02. The van der Waals surface area contributed by atoms with Crippen molar-refractivity contribution >= 4 is 5.65 Å². The van der Waals surface area contributed by atoms with Gasteiger partial charge in [-0.05, 0) is 19.9 Å². The van der Waals surface area contributed by atoms with Crippen LogP contribution in [0.5, 0.6) is 0 Å². The summed E-state index contributed by atoms with van der Waals surface area (Å²) in [7, 11) is 0. The van der Waals surface area contributed by atoms with Crippen molar-refractivity contribution in [3.8, 4) is 28.3 Å². The Morgan fingerprint density at radius 2 is 1.48 bits per heavy atom. The summed E-state index contributed by atoms with van der Waals surface area (Å²) in [5, 5.41) is 13.8. The molecule has 0 amide bonds. The number of hydrogen-bond donors (Lipinski definition) is 1. The van der Waals surface area contributed by atoms with E-state index in [4.69, 9.17) is 5.10 Å². The van der Waals surface area contributed by atoms with Gasteiger partial charge < -0.3 is 4.98 Å². The van der Waals surface area contributed by atoms with Crippen LogP contribution in [-0.4, -0.2) is 29.6 Å². The quantitative estimate of drug-likeness (QED) is 0.528. The molecule has 132 valence electrons. The maximum absolute atomic E-state index is 4.75. The highest BCUT2D eigenvalue weighted by molar-refractivity contribution is 5.79. The van der Waals surface area contributed by atoms with Crippen molar-refractivity contribution in [2.75, 3.05) is 0 Å². The SMILES string of the molecule is Cc1ccc(-c2nn3nc(-c4ccc(C)cc4)c(-n4cccn4)c3[nH]2)cc1.